The molecule has 0 spiro atoms. The molecule has 148 valence electrons. The average Bonchev–Trinajstić information content (AvgIpc) is 3.16. The molecule has 1 atom stereocenters. The zero-order valence-electron chi connectivity index (χ0n) is 16.4. The van der Waals surface area contributed by atoms with Crippen molar-refractivity contribution in [2.75, 3.05) is 12.4 Å². The van der Waals surface area contributed by atoms with Crippen molar-refractivity contribution < 1.29 is 9.53 Å². The van der Waals surface area contributed by atoms with Crippen molar-refractivity contribution in [2.24, 2.45) is 0 Å². The van der Waals surface area contributed by atoms with E-state index in [-0.39, 0.29) is 11.2 Å². The van der Waals surface area contributed by atoms with Crippen molar-refractivity contribution in [3.05, 3.63) is 54.1 Å². The van der Waals surface area contributed by atoms with Gasteiger partial charge in [0.05, 0.1) is 24.0 Å². The first-order chi connectivity index (χ1) is 14.0. The van der Waals surface area contributed by atoms with E-state index in [1.807, 2.05) is 42.7 Å². The van der Waals surface area contributed by atoms with E-state index in [1.54, 1.807) is 31.4 Å². The molecule has 0 saturated carbocycles. The number of benzene rings is 2. The number of nitrogens with zero attached hydrogens (tertiary/aromatic N) is 4. The molecule has 8 heteroatoms. The fourth-order valence-electron chi connectivity index (χ4n) is 2.74. The van der Waals surface area contributed by atoms with Gasteiger partial charge in [-0.2, -0.15) is 5.26 Å². The Kier molecular flexibility index (Phi) is 6.52. The molecule has 0 unspecified atom stereocenters. The largest absolute Gasteiger partial charge is 0.497 e. The molecule has 0 saturated heterocycles. The van der Waals surface area contributed by atoms with Gasteiger partial charge in [-0.05, 0) is 56.3 Å². The van der Waals surface area contributed by atoms with Gasteiger partial charge in [0.25, 0.3) is 0 Å². The minimum absolute atomic E-state index is 0.165. The second-order valence-electron chi connectivity index (χ2n) is 6.22. The number of nitriles is 1. The van der Waals surface area contributed by atoms with Gasteiger partial charge in [-0.25, -0.2) is 0 Å². The zero-order chi connectivity index (χ0) is 20.8. The van der Waals surface area contributed by atoms with E-state index >= 15 is 0 Å². The molecule has 29 heavy (non-hydrogen) atoms. The molecule has 1 heterocycles. The van der Waals surface area contributed by atoms with Crippen LogP contribution in [0.4, 0.5) is 5.69 Å². The quantitative estimate of drug-likeness (QED) is 0.596. The number of anilines is 1. The minimum atomic E-state index is -0.390. The molecule has 1 aromatic heterocycles. The Labute approximate surface area is 173 Å². The van der Waals surface area contributed by atoms with Crippen LogP contribution in [0.15, 0.2) is 53.7 Å². The van der Waals surface area contributed by atoms with Crippen LogP contribution in [0, 0.1) is 11.3 Å². The normalized spacial score (nSPS) is 11.5. The first-order valence-electron chi connectivity index (χ1n) is 9.11. The van der Waals surface area contributed by atoms with E-state index in [4.69, 9.17) is 10.00 Å². The third-order valence-electron chi connectivity index (χ3n) is 4.29. The van der Waals surface area contributed by atoms with Crippen molar-refractivity contribution >= 4 is 23.4 Å². The van der Waals surface area contributed by atoms with Gasteiger partial charge >= 0.3 is 0 Å². The van der Waals surface area contributed by atoms with Crippen LogP contribution in [0.5, 0.6) is 5.75 Å². The molecular formula is C21H21N5O2S. The van der Waals surface area contributed by atoms with Crippen LogP contribution in [-0.4, -0.2) is 33.0 Å². The molecule has 0 fully saturated rings. The van der Waals surface area contributed by atoms with E-state index in [2.05, 4.69) is 21.6 Å². The smallest absolute Gasteiger partial charge is 0.237 e. The predicted molar refractivity (Wildman–Crippen MR) is 113 cm³/mol. The SMILES string of the molecule is CCn1c(S[C@H](C)C(=O)Nc2cccc(C#N)c2)nnc1-c1ccc(OC)cc1. The Bertz CT molecular complexity index is 1040. The van der Waals surface area contributed by atoms with Crippen molar-refractivity contribution in [1.29, 1.82) is 5.26 Å². The van der Waals surface area contributed by atoms with E-state index in [1.165, 1.54) is 11.8 Å². The van der Waals surface area contributed by atoms with Crippen LogP contribution in [0.3, 0.4) is 0 Å². The van der Waals surface area contributed by atoms with Crippen LogP contribution in [0.1, 0.15) is 19.4 Å². The number of carbonyl (C=O) groups is 1. The molecule has 1 N–H and O–H groups in total. The molecular weight excluding hydrogens is 386 g/mol. The van der Waals surface area contributed by atoms with Gasteiger partial charge in [-0.15, -0.1) is 10.2 Å². The Morgan fingerprint density at radius 3 is 2.69 bits per heavy atom. The number of nitrogens with one attached hydrogen (secondary N) is 1. The van der Waals surface area contributed by atoms with Crippen LogP contribution in [-0.2, 0) is 11.3 Å². The molecule has 3 rings (SSSR count). The standard InChI is InChI=1S/C21H21N5O2S/c1-4-26-19(16-8-10-18(28-3)11-9-16)24-25-21(26)29-14(2)20(27)23-17-7-5-6-15(12-17)13-22/h5-12,14H,4H2,1-3H3,(H,23,27)/t14-/m1/s1. The van der Waals surface area contributed by atoms with E-state index in [0.29, 0.717) is 23.0 Å². The first-order valence-corrected chi connectivity index (χ1v) is 9.99. The maximum Gasteiger partial charge on any atom is 0.237 e. The monoisotopic (exact) mass is 407 g/mol. The van der Waals surface area contributed by atoms with Crippen molar-refractivity contribution in [1.82, 2.24) is 14.8 Å². The maximum atomic E-state index is 12.6. The average molecular weight is 407 g/mol. The number of carbonyl (C=O) groups excluding carboxylic acids is 1. The number of amides is 1. The van der Waals surface area contributed by atoms with Gasteiger partial charge in [0, 0.05) is 17.8 Å². The summed E-state index contributed by atoms with van der Waals surface area (Å²) in [5.41, 5.74) is 2.02. The van der Waals surface area contributed by atoms with Gasteiger partial charge in [-0.3, -0.25) is 4.79 Å². The molecule has 0 radical (unpaired) electrons. The molecule has 7 nitrogen and oxygen atoms in total. The van der Waals surface area contributed by atoms with Gasteiger partial charge in [-0.1, -0.05) is 17.8 Å². The van der Waals surface area contributed by atoms with Gasteiger partial charge < -0.3 is 14.6 Å². The van der Waals surface area contributed by atoms with Gasteiger partial charge in [0.2, 0.25) is 5.91 Å². The molecule has 0 aliphatic rings. The van der Waals surface area contributed by atoms with Crippen molar-refractivity contribution in [2.45, 2.75) is 30.8 Å². The zero-order valence-corrected chi connectivity index (χ0v) is 17.2. The highest BCUT2D eigenvalue weighted by atomic mass is 32.2. The third kappa shape index (κ3) is 4.76. The first kappa shape index (κ1) is 20.4. The molecule has 3 aromatic rings. The summed E-state index contributed by atoms with van der Waals surface area (Å²) in [4.78, 5) is 12.6. The van der Waals surface area contributed by atoms with Crippen LogP contribution < -0.4 is 10.1 Å². The number of aromatic nitrogens is 3. The number of hydrogen-bond donors (Lipinski definition) is 1. The summed E-state index contributed by atoms with van der Waals surface area (Å²) in [5.74, 6) is 1.35. The van der Waals surface area contributed by atoms with Gasteiger partial charge in [0.1, 0.15) is 5.75 Å². The highest BCUT2D eigenvalue weighted by molar-refractivity contribution is 8.00. The summed E-state index contributed by atoms with van der Waals surface area (Å²) in [5, 5.41) is 20.7. The Morgan fingerprint density at radius 2 is 2.03 bits per heavy atom. The summed E-state index contributed by atoms with van der Waals surface area (Å²) in [7, 11) is 1.63. The molecule has 0 bridgehead atoms. The molecule has 1 amide bonds. The van der Waals surface area contributed by atoms with Crippen molar-refractivity contribution in [3.8, 4) is 23.2 Å². The van der Waals surface area contributed by atoms with E-state index < -0.39 is 0 Å². The van der Waals surface area contributed by atoms with Gasteiger partial charge in [0.15, 0.2) is 11.0 Å². The lowest BCUT2D eigenvalue weighted by Crippen LogP contribution is -2.23. The molecule has 2 aromatic carbocycles. The maximum absolute atomic E-state index is 12.6. The number of thioether (sulfide) groups is 1. The summed E-state index contributed by atoms with van der Waals surface area (Å²) >= 11 is 1.34. The van der Waals surface area contributed by atoms with Crippen LogP contribution in [0.25, 0.3) is 11.4 Å². The summed E-state index contributed by atoms with van der Waals surface area (Å²) in [6, 6.07) is 16.5. The summed E-state index contributed by atoms with van der Waals surface area (Å²) in [6.45, 7) is 4.50. The molecule has 0 aliphatic carbocycles. The summed E-state index contributed by atoms with van der Waals surface area (Å²) < 4.78 is 7.18. The molecule has 0 aliphatic heterocycles. The highest BCUT2D eigenvalue weighted by Crippen LogP contribution is 2.28. The topological polar surface area (TPSA) is 92.8 Å². The lowest BCUT2D eigenvalue weighted by Gasteiger charge is -2.13. The highest BCUT2D eigenvalue weighted by Gasteiger charge is 2.20. The number of methoxy groups -OCH3 is 1. The van der Waals surface area contributed by atoms with E-state index in [0.717, 1.165) is 17.1 Å². The lowest BCUT2D eigenvalue weighted by atomic mass is 10.2. The number of hydrogen-bond acceptors (Lipinski definition) is 6. The van der Waals surface area contributed by atoms with E-state index in [9.17, 15) is 4.79 Å². The van der Waals surface area contributed by atoms with Crippen LogP contribution in [0.2, 0.25) is 0 Å². The lowest BCUT2D eigenvalue weighted by molar-refractivity contribution is -0.115. The second-order valence-corrected chi connectivity index (χ2v) is 7.53. The third-order valence-corrected chi connectivity index (χ3v) is 5.37. The second kappa shape index (κ2) is 9.26. The number of rotatable bonds is 7. The fourth-order valence-corrected chi connectivity index (χ4v) is 3.65. The van der Waals surface area contributed by atoms with Crippen LogP contribution >= 0.6 is 11.8 Å². The Morgan fingerprint density at radius 1 is 1.28 bits per heavy atom. The Hall–Kier alpha value is -3.31. The minimum Gasteiger partial charge on any atom is -0.497 e. The number of ether oxygens (including phenoxy) is 1. The van der Waals surface area contributed by atoms with Crippen molar-refractivity contribution in [3.63, 3.8) is 0 Å². The predicted octanol–water partition coefficient (Wildman–Crippen LogP) is 3.96. The fraction of sp³-hybridized carbons (Fsp3) is 0.238. The Balaban J connectivity index is 1.74. The summed E-state index contributed by atoms with van der Waals surface area (Å²) in [6.07, 6.45) is 0.